The van der Waals surface area contributed by atoms with Crippen LogP contribution in [0.15, 0.2) is 109 Å². The maximum Gasteiger partial charge on any atom is 0.411 e. The van der Waals surface area contributed by atoms with Crippen LogP contribution in [-0.2, 0) is 9.47 Å². The Hall–Kier alpha value is -4.66. The summed E-state index contributed by atoms with van der Waals surface area (Å²) in [5.41, 5.74) is 5.48. The molecule has 0 bridgehead atoms. The number of rotatable bonds is 13. The average Bonchev–Trinajstić information content (AvgIpc) is 3.09. The molecule has 0 aliphatic carbocycles. The first-order chi connectivity index (χ1) is 22.6. The summed E-state index contributed by atoms with van der Waals surface area (Å²) in [5.74, 6) is 0. The number of piperidine rings is 1. The van der Waals surface area contributed by atoms with E-state index in [2.05, 4.69) is 20.9 Å². The number of hydrogen-bond donors (Lipinski definition) is 3. The van der Waals surface area contributed by atoms with Crippen LogP contribution in [0.5, 0.6) is 0 Å². The minimum Gasteiger partial charge on any atom is -0.446 e. The van der Waals surface area contributed by atoms with Gasteiger partial charge in [0, 0.05) is 37.3 Å². The van der Waals surface area contributed by atoms with E-state index < -0.39 is 12.2 Å². The highest BCUT2D eigenvalue weighted by atomic mass is 16.6. The second-order valence-electron chi connectivity index (χ2n) is 11.5. The number of carbonyl (C=O) groups excluding carboxylic acids is 2. The summed E-state index contributed by atoms with van der Waals surface area (Å²) in [6, 6.07) is 35.5. The molecule has 3 N–H and O–H groups in total. The highest BCUT2D eigenvalue weighted by molar-refractivity contribution is 5.92. The van der Waals surface area contributed by atoms with Gasteiger partial charge in [-0.3, -0.25) is 10.6 Å². The summed E-state index contributed by atoms with van der Waals surface area (Å²) < 4.78 is 11.5. The fourth-order valence-electron chi connectivity index (χ4n) is 5.73. The number of benzene rings is 4. The topological polar surface area (TPSA) is 91.9 Å². The molecule has 0 aromatic heterocycles. The zero-order chi connectivity index (χ0) is 32.0. The molecule has 1 fully saturated rings. The van der Waals surface area contributed by atoms with Crippen molar-refractivity contribution in [3.8, 4) is 22.3 Å². The molecule has 0 spiro atoms. The molecule has 2 amide bonds. The van der Waals surface area contributed by atoms with E-state index in [9.17, 15) is 9.59 Å². The average molecular weight is 621 g/mol. The molecule has 8 nitrogen and oxygen atoms in total. The molecule has 1 aliphatic rings. The van der Waals surface area contributed by atoms with Gasteiger partial charge in [-0.1, -0.05) is 104 Å². The third-order valence-electron chi connectivity index (χ3n) is 8.28. The van der Waals surface area contributed by atoms with E-state index in [1.807, 2.05) is 116 Å². The molecule has 240 valence electrons. The molecular weight excluding hydrogens is 576 g/mol. The van der Waals surface area contributed by atoms with Crippen LogP contribution in [0.25, 0.3) is 22.3 Å². The van der Waals surface area contributed by atoms with Crippen LogP contribution >= 0.6 is 0 Å². The van der Waals surface area contributed by atoms with Gasteiger partial charge in [-0.25, -0.2) is 9.59 Å². The number of nitrogens with one attached hydrogen (secondary N) is 3. The van der Waals surface area contributed by atoms with Crippen LogP contribution in [-0.4, -0.2) is 62.0 Å². The van der Waals surface area contributed by atoms with Crippen LogP contribution in [0.4, 0.5) is 21.0 Å². The first-order valence-corrected chi connectivity index (χ1v) is 16.3. The number of nitrogens with zero attached hydrogens (tertiary/aromatic N) is 1. The van der Waals surface area contributed by atoms with Gasteiger partial charge < -0.3 is 19.7 Å². The minimum absolute atomic E-state index is 0.0960. The number of para-hydroxylation sites is 2. The number of ether oxygens (including phenoxy) is 2. The van der Waals surface area contributed by atoms with E-state index in [4.69, 9.17) is 9.47 Å². The van der Waals surface area contributed by atoms with Crippen LogP contribution in [0.3, 0.4) is 0 Å². The lowest BCUT2D eigenvalue weighted by atomic mass is 10.0. The maximum absolute atomic E-state index is 12.7. The zero-order valence-corrected chi connectivity index (χ0v) is 26.5. The Bertz CT molecular complexity index is 1520. The molecule has 1 unspecified atom stereocenters. The van der Waals surface area contributed by atoms with Gasteiger partial charge in [0.15, 0.2) is 0 Å². The summed E-state index contributed by atoms with van der Waals surface area (Å²) in [6.07, 6.45) is 1.98. The molecule has 8 heteroatoms. The number of likely N-dealkylation sites (tertiary alicyclic amines) is 1. The summed E-state index contributed by atoms with van der Waals surface area (Å²) in [7, 11) is 0. The van der Waals surface area contributed by atoms with Gasteiger partial charge in [-0.2, -0.15) is 0 Å². The minimum atomic E-state index is -0.436. The molecule has 4 aromatic carbocycles. The first-order valence-electron chi connectivity index (χ1n) is 16.3. The molecule has 0 radical (unpaired) electrons. The predicted octanol–water partition coefficient (Wildman–Crippen LogP) is 8.04. The van der Waals surface area contributed by atoms with Gasteiger partial charge in [0.25, 0.3) is 0 Å². The van der Waals surface area contributed by atoms with Gasteiger partial charge in [0.1, 0.15) is 12.2 Å². The number of hydrogen-bond acceptors (Lipinski definition) is 6. The molecule has 4 aromatic rings. The lowest BCUT2D eigenvalue weighted by Gasteiger charge is -2.31. The quantitative estimate of drug-likeness (QED) is 0.131. The van der Waals surface area contributed by atoms with Crippen molar-refractivity contribution in [3.05, 3.63) is 109 Å². The first kappa shape index (κ1) is 32.7. The SMILES string of the molecule is CCC(CCNCCN1CCC(OC(=O)Nc2ccccc2-c2ccccc2)CC1)OC(=O)Nc1ccccc1-c1ccccc1. The van der Waals surface area contributed by atoms with Crippen molar-refractivity contribution in [2.45, 2.75) is 44.8 Å². The zero-order valence-electron chi connectivity index (χ0n) is 26.5. The third kappa shape index (κ3) is 9.67. The summed E-state index contributed by atoms with van der Waals surface area (Å²) in [4.78, 5) is 27.8. The Morgan fingerprint density at radius 2 is 1.24 bits per heavy atom. The summed E-state index contributed by atoms with van der Waals surface area (Å²) in [5, 5.41) is 9.37. The fraction of sp³-hybridized carbons (Fsp3) is 0.316. The normalized spacial score (nSPS) is 14.3. The van der Waals surface area contributed by atoms with Gasteiger partial charge >= 0.3 is 12.2 Å². The third-order valence-corrected chi connectivity index (χ3v) is 8.28. The van der Waals surface area contributed by atoms with Crippen molar-refractivity contribution >= 4 is 23.6 Å². The molecule has 1 heterocycles. The van der Waals surface area contributed by atoms with E-state index in [1.165, 1.54) is 0 Å². The Morgan fingerprint density at radius 3 is 1.80 bits per heavy atom. The lowest BCUT2D eigenvalue weighted by Crippen LogP contribution is -2.41. The number of carbonyl (C=O) groups is 2. The van der Waals surface area contributed by atoms with E-state index in [1.54, 1.807) is 0 Å². The fourth-order valence-corrected chi connectivity index (χ4v) is 5.73. The van der Waals surface area contributed by atoms with E-state index in [-0.39, 0.29) is 12.2 Å². The molecule has 0 saturated carbocycles. The maximum atomic E-state index is 12.7. The van der Waals surface area contributed by atoms with Crippen LogP contribution in [0.2, 0.25) is 0 Å². The largest absolute Gasteiger partial charge is 0.446 e. The Labute approximate surface area is 272 Å². The Morgan fingerprint density at radius 1 is 0.717 bits per heavy atom. The van der Waals surface area contributed by atoms with Gasteiger partial charge in [-0.05, 0) is 55.5 Å². The second-order valence-corrected chi connectivity index (χ2v) is 11.5. The van der Waals surface area contributed by atoms with Gasteiger partial charge in [0.2, 0.25) is 0 Å². The molecule has 46 heavy (non-hydrogen) atoms. The van der Waals surface area contributed by atoms with Crippen LogP contribution in [0, 0.1) is 0 Å². The predicted molar refractivity (Wildman–Crippen MR) is 185 cm³/mol. The highest BCUT2D eigenvalue weighted by Crippen LogP contribution is 2.29. The number of anilines is 2. The van der Waals surface area contributed by atoms with Crippen molar-refractivity contribution in [1.29, 1.82) is 0 Å². The highest BCUT2D eigenvalue weighted by Gasteiger charge is 2.23. The Balaban J connectivity index is 0.967. The van der Waals surface area contributed by atoms with Crippen molar-refractivity contribution < 1.29 is 19.1 Å². The van der Waals surface area contributed by atoms with E-state index in [0.29, 0.717) is 0 Å². The van der Waals surface area contributed by atoms with E-state index >= 15 is 0 Å². The van der Waals surface area contributed by atoms with Gasteiger partial charge in [-0.15, -0.1) is 0 Å². The molecule has 1 saturated heterocycles. The Kier molecular flexibility index (Phi) is 12.2. The smallest absolute Gasteiger partial charge is 0.411 e. The standard InChI is InChI=1S/C38H44N4O4/c1-2-31(45-37(43)40-35-19-11-9-17-33(35)29-13-5-3-6-14-29)21-24-39-25-28-42-26-22-32(23-27-42)46-38(44)41-36-20-12-10-18-34(36)30-15-7-4-8-16-30/h3-20,31-32,39H,2,21-28H2,1H3,(H,40,43)(H,41,44). The van der Waals surface area contributed by atoms with Crippen molar-refractivity contribution in [3.63, 3.8) is 0 Å². The monoisotopic (exact) mass is 620 g/mol. The van der Waals surface area contributed by atoms with E-state index in [0.717, 1.165) is 92.0 Å². The summed E-state index contributed by atoms with van der Waals surface area (Å²) >= 11 is 0. The van der Waals surface area contributed by atoms with Crippen molar-refractivity contribution in [2.75, 3.05) is 43.4 Å². The van der Waals surface area contributed by atoms with Crippen molar-refractivity contribution in [1.82, 2.24) is 10.2 Å². The van der Waals surface area contributed by atoms with Gasteiger partial charge in [0.05, 0.1) is 11.4 Å². The molecule has 1 atom stereocenters. The second kappa shape index (κ2) is 17.1. The number of amides is 2. The molecular formula is C38H44N4O4. The lowest BCUT2D eigenvalue weighted by molar-refractivity contribution is 0.0590. The summed E-state index contributed by atoms with van der Waals surface area (Å²) in [6.45, 7) is 6.31. The van der Waals surface area contributed by atoms with Crippen LogP contribution in [0.1, 0.15) is 32.6 Å². The van der Waals surface area contributed by atoms with Crippen LogP contribution < -0.4 is 16.0 Å². The molecule has 5 rings (SSSR count). The van der Waals surface area contributed by atoms with Crippen molar-refractivity contribution in [2.24, 2.45) is 0 Å². The molecule has 1 aliphatic heterocycles.